The summed E-state index contributed by atoms with van der Waals surface area (Å²) in [5, 5.41) is 1.14. The Morgan fingerprint density at radius 2 is 1.81 bits per heavy atom. The fourth-order valence-corrected chi connectivity index (χ4v) is 4.56. The van der Waals surface area contributed by atoms with E-state index in [1.54, 1.807) is 11.3 Å². The minimum Gasteiger partial charge on any atom is -0.338 e. The first kappa shape index (κ1) is 17.4. The van der Waals surface area contributed by atoms with Gasteiger partial charge in [0, 0.05) is 44.6 Å². The van der Waals surface area contributed by atoms with Crippen LogP contribution in [-0.4, -0.2) is 46.0 Å². The van der Waals surface area contributed by atoms with Crippen molar-refractivity contribution in [2.24, 2.45) is 0 Å². The maximum Gasteiger partial charge on any atom is 0.225 e. The first-order valence-corrected chi connectivity index (χ1v) is 10.1. The standard InChI is InChI=1S/C20H25N5S/c1-4-18(16-5-6-19-17(11-16)23-15(3)26-19)24-7-9-25(10-8-24)20-21-12-14(2)13-22-20/h5-6,11-13,18H,4,7-10H2,1-3H3. The lowest BCUT2D eigenvalue weighted by molar-refractivity contribution is 0.180. The topological polar surface area (TPSA) is 45.2 Å². The Morgan fingerprint density at radius 1 is 1.08 bits per heavy atom. The van der Waals surface area contributed by atoms with Gasteiger partial charge in [0.1, 0.15) is 0 Å². The Balaban J connectivity index is 1.48. The van der Waals surface area contributed by atoms with Crippen molar-refractivity contribution >= 4 is 27.5 Å². The van der Waals surface area contributed by atoms with Crippen LogP contribution < -0.4 is 4.90 Å². The number of piperazine rings is 1. The molecule has 136 valence electrons. The van der Waals surface area contributed by atoms with Gasteiger partial charge in [-0.15, -0.1) is 11.3 Å². The summed E-state index contributed by atoms with van der Waals surface area (Å²) in [6.45, 7) is 10.4. The molecule has 1 aromatic carbocycles. The van der Waals surface area contributed by atoms with E-state index in [1.165, 1.54) is 10.3 Å². The van der Waals surface area contributed by atoms with Gasteiger partial charge in [0.25, 0.3) is 0 Å². The highest BCUT2D eigenvalue weighted by atomic mass is 32.1. The molecule has 0 saturated carbocycles. The lowest BCUT2D eigenvalue weighted by atomic mass is 10.0. The monoisotopic (exact) mass is 367 g/mol. The summed E-state index contributed by atoms with van der Waals surface area (Å²) >= 11 is 1.77. The first-order valence-electron chi connectivity index (χ1n) is 9.29. The largest absolute Gasteiger partial charge is 0.338 e. The Bertz CT molecular complexity index is 881. The van der Waals surface area contributed by atoms with Crippen LogP contribution in [0.1, 0.15) is 35.5 Å². The van der Waals surface area contributed by atoms with Gasteiger partial charge >= 0.3 is 0 Å². The summed E-state index contributed by atoms with van der Waals surface area (Å²) < 4.78 is 1.28. The number of benzene rings is 1. The minimum absolute atomic E-state index is 0.447. The Labute approximate surface area is 158 Å². The quantitative estimate of drug-likeness (QED) is 0.698. The molecule has 4 rings (SSSR count). The fraction of sp³-hybridized carbons (Fsp3) is 0.450. The van der Waals surface area contributed by atoms with Gasteiger partial charge in [-0.25, -0.2) is 15.0 Å². The van der Waals surface area contributed by atoms with E-state index in [9.17, 15) is 0 Å². The normalized spacial score (nSPS) is 17.0. The summed E-state index contributed by atoms with van der Waals surface area (Å²) in [7, 11) is 0. The van der Waals surface area contributed by atoms with E-state index in [2.05, 4.69) is 56.8 Å². The molecule has 3 heterocycles. The third-order valence-corrected chi connectivity index (χ3v) is 6.05. The molecule has 0 bridgehead atoms. The molecule has 0 radical (unpaired) electrons. The molecule has 1 unspecified atom stereocenters. The zero-order valence-electron chi connectivity index (χ0n) is 15.6. The molecule has 2 aromatic heterocycles. The number of nitrogens with zero attached hydrogens (tertiary/aromatic N) is 5. The van der Waals surface area contributed by atoms with Crippen molar-refractivity contribution in [2.45, 2.75) is 33.2 Å². The highest BCUT2D eigenvalue weighted by Crippen LogP contribution is 2.30. The summed E-state index contributed by atoms with van der Waals surface area (Å²) in [6, 6.07) is 7.24. The van der Waals surface area contributed by atoms with E-state index in [0.717, 1.165) is 54.6 Å². The van der Waals surface area contributed by atoms with Crippen LogP contribution in [0.2, 0.25) is 0 Å². The zero-order chi connectivity index (χ0) is 18.1. The Kier molecular flexibility index (Phi) is 4.87. The molecular weight excluding hydrogens is 342 g/mol. The second kappa shape index (κ2) is 7.29. The van der Waals surface area contributed by atoms with Crippen LogP contribution in [0.3, 0.4) is 0 Å². The minimum atomic E-state index is 0.447. The molecule has 0 spiro atoms. The summed E-state index contributed by atoms with van der Waals surface area (Å²) in [4.78, 5) is 18.5. The SMILES string of the molecule is CCC(c1ccc2sc(C)nc2c1)N1CCN(c2ncc(C)cn2)CC1. The van der Waals surface area contributed by atoms with Crippen molar-refractivity contribution in [1.29, 1.82) is 0 Å². The van der Waals surface area contributed by atoms with Gasteiger partial charge in [0.05, 0.1) is 15.2 Å². The van der Waals surface area contributed by atoms with Crippen LogP contribution in [0.5, 0.6) is 0 Å². The van der Waals surface area contributed by atoms with Gasteiger partial charge in [0.2, 0.25) is 5.95 Å². The first-order chi connectivity index (χ1) is 12.6. The smallest absolute Gasteiger partial charge is 0.225 e. The lowest BCUT2D eigenvalue weighted by Crippen LogP contribution is -2.48. The fourth-order valence-electron chi connectivity index (χ4n) is 3.75. The number of rotatable bonds is 4. The van der Waals surface area contributed by atoms with E-state index in [-0.39, 0.29) is 0 Å². The molecule has 26 heavy (non-hydrogen) atoms. The van der Waals surface area contributed by atoms with Crippen molar-refractivity contribution in [3.63, 3.8) is 0 Å². The maximum atomic E-state index is 4.67. The van der Waals surface area contributed by atoms with Crippen LogP contribution in [0.15, 0.2) is 30.6 Å². The van der Waals surface area contributed by atoms with Gasteiger partial charge in [-0.1, -0.05) is 13.0 Å². The van der Waals surface area contributed by atoms with Gasteiger partial charge in [0.15, 0.2) is 0 Å². The molecule has 0 amide bonds. The number of hydrogen-bond donors (Lipinski definition) is 0. The van der Waals surface area contributed by atoms with E-state index in [0.29, 0.717) is 6.04 Å². The molecule has 1 aliphatic rings. The summed E-state index contributed by atoms with van der Waals surface area (Å²) in [5.74, 6) is 0.850. The number of hydrogen-bond acceptors (Lipinski definition) is 6. The van der Waals surface area contributed by atoms with Gasteiger partial charge in [-0.3, -0.25) is 4.90 Å². The average Bonchev–Trinajstić information content (AvgIpc) is 3.03. The maximum absolute atomic E-state index is 4.67. The highest BCUT2D eigenvalue weighted by Gasteiger charge is 2.25. The van der Waals surface area contributed by atoms with Crippen LogP contribution in [0, 0.1) is 13.8 Å². The highest BCUT2D eigenvalue weighted by molar-refractivity contribution is 7.18. The van der Waals surface area contributed by atoms with Gasteiger partial charge < -0.3 is 4.90 Å². The second-order valence-corrected chi connectivity index (χ2v) is 8.20. The predicted octanol–water partition coefficient (Wildman–Crippen LogP) is 3.98. The van der Waals surface area contributed by atoms with E-state index in [1.807, 2.05) is 19.3 Å². The summed E-state index contributed by atoms with van der Waals surface area (Å²) in [6.07, 6.45) is 4.90. The van der Waals surface area contributed by atoms with Gasteiger partial charge in [-0.2, -0.15) is 0 Å². The molecule has 0 aliphatic carbocycles. The van der Waals surface area contributed by atoms with Crippen molar-refractivity contribution < 1.29 is 0 Å². The third kappa shape index (κ3) is 3.44. The van der Waals surface area contributed by atoms with Crippen molar-refractivity contribution in [1.82, 2.24) is 19.9 Å². The van der Waals surface area contributed by atoms with Crippen molar-refractivity contribution in [2.75, 3.05) is 31.1 Å². The molecule has 3 aromatic rings. The molecular formula is C20H25N5S. The van der Waals surface area contributed by atoms with Crippen LogP contribution in [0.4, 0.5) is 5.95 Å². The molecule has 1 aliphatic heterocycles. The molecule has 0 N–H and O–H groups in total. The lowest BCUT2D eigenvalue weighted by Gasteiger charge is -2.39. The number of aryl methyl sites for hydroxylation is 2. The molecule has 1 saturated heterocycles. The predicted molar refractivity (Wildman–Crippen MR) is 108 cm³/mol. The molecule has 1 fully saturated rings. The van der Waals surface area contributed by atoms with E-state index < -0.39 is 0 Å². The van der Waals surface area contributed by atoms with Crippen molar-refractivity contribution in [3.05, 3.63) is 46.7 Å². The zero-order valence-corrected chi connectivity index (χ0v) is 16.5. The number of aromatic nitrogens is 3. The Hall–Kier alpha value is -2.05. The molecule has 5 nitrogen and oxygen atoms in total. The van der Waals surface area contributed by atoms with E-state index in [4.69, 9.17) is 0 Å². The van der Waals surface area contributed by atoms with Crippen LogP contribution in [0.25, 0.3) is 10.2 Å². The number of fused-ring (bicyclic) bond motifs is 1. The second-order valence-electron chi connectivity index (χ2n) is 6.97. The summed E-state index contributed by atoms with van der Waals surface area (Å²) in [5.41, 5.74) is 3.62. The van der Waals surface area contributed by atoms with Crippen molar-refractivity contribution in [3.8, 4) is 0 Å². The third-order valence-electron chi connectivity index (χ3n) is 5.10. The van der Waals surface area contributed by atoms with E-state index >= 15 is 0 Å². The van der Waals surface area contributed by atoms with Gasteiger partial charge in [-0.05, 0) is 43.5 Å². The molecule has 1 atom stereocenters. The number of anilines is 1. The number of thiazole rings is 1. The average molecular weight is 368 g/mol. The Morgan fingerprint density at radius 3 is 2.50 bits per heavy atom. The van der Waals surface area contributed by atoms with Crippen LogP contribution in [-0.2, 0) is 0 Å². The van der Waals surface area contributed by atoms with Crippen LogP contribution >= 0.6 is 11.3 Å². The molecule has 6 heteroatoms.